The molecule has 1 heterocycles. The summed E-state index contributed by atoms with van der Waals surface area (Å²) in [5.74, 6) is -1.90. The number of carbonyl (C=O) groups is 1. The third kappa shape index (κ3) is 3.79. The molecule has 0 unspecified atom stereocenters. The molecule has 1 aromatic heterocycles. The van der Waals surface area contributed by atoms with E-state index < -0.39 is 28.4 Å². The van der Waals surface area contributed by atoms with E-state index in [1.165, 1.54) is 12.1 Å². The van der Waals surface area contributed by atoms with Gasteiger partial charge in [0.1, 0.15) is 17.3 Å². The maximum Gasteiger partial charge on any atom is 0.325 e. The first kappa shape index (κ1) is 15.4. The molecular formula is C11H9BrFN3O4S. The van der Waals surface area contributed by atoms with Gasteiger partial charge in [-0.15, -0.1) is 0 Å². The zero-order chi connectivity index (χ0) is 15.6. The lowest BCUT2D eigenvalue weighted by molar-refractivity contribution is -0.137. The number of nitrogens with zero attached hydrogens (tertiary/aromatic N) is 2. The normalized spacial score (nSPS) is 11.3. The second-order valence-corrected chi connectivity index (χ2v) is 6.60. The van der Waals surface area contributed by atoms with E-state index in [0.29, 0.717) is 4.47 Å². The Labute approximate surface area is 127 Å². The fraction of sp³-hybridized carbons (Fsp3) is 0.0909. The highest BCUT2D eigenvalue weighted by atomic mass is 79.9. The number of hydrogen-bond acceptors (Lipinski definition) is 4. The predicted octanol–water partition coefficient (Wildman–Crippen LogP) is 1.67. The highest BCUT2D eigenvalue weighted by molar-refractivity contribution is 9.10. The van der Waals surface area contributed by atoms with Crippen LogP contribution in [0.25, 0.3) is 0 Å². The Morgan fingerprint density at radius 2 is 2.19 bits per heavy atom. The largest absolute Gasteiger partial charge is 0.480 e. The van der Waals surface area contributed by atoms with Gasteiger partial charge < -0.3 is 5.11 Å². The Morgan fingerprint density at radius 1 is 1.48 bits per heavy atom. The molecule has 0 aliphatic heterocycles. The fourth-order valence-corrected chi connectivity index (χ4v) is 2.84. The van der Waals surface area contributed by atoms with Gasteiger partial charge in [0.15, 0.2) is 0 Å². The summed E-state index contributed by atoms with van der Waals surface area (Å²) in [6, 6.07) is 3.86. The number of carboxylic acids is 1. The van der Waals surface area contributed by atoms with Crippen LogP contribution in [0.5, 0.6) is 0 Å². The van der Waals surface area contributed by atoms with Crippen molar-refractivity contribution in [1.29, 1.82) is 0 Å². The number of aliphatic carboxylic acids is 1. The van der Waals surface area contributed by atoms with Crippen molar-refractivity contribution in [1.82, 2.24) is 9.78 Å². The smallest absolute Gasteiger partial charge is 0.325 e. The molecule has 10 heteroatoms. The number of benzene rings is 1. The molecule has 0 radical (unpaired) electrons. The van der Waals surface area contributed by atoms with Crippen LogP contribution >= 0.6 is 15.9 Å². The fourth-order valence-electron chi connectivity index (χ4n) is 1.48. The van der Waals surface area contributed by atoms with Crippen LogP contribution in [0.15, 0.2) is 40.0 Å². The summed E-state index contributed by atoms with van der Waals surface area (Å²) >= 11 is 3.06. The van der Waals surface area contributed by atoms with E-state index in [-0.39, 0.29) is 10.6 Å². The SMILES string of the molecule is O=C(O)Cn1cc(S(=O)(=O)Nc2ccc(Br)cc2F)cn1. The summed E-state index contributed by atoms with van der Waals surface area (Å²) in [5.41, 5.74) is -0.218. The first-order chi connectivity index (χ1) is 9.78. The number of carboxylic acid groups (broad SMARTS) is 1. The van der Waals surface area contributed by atoms with Gasteiger partial charge in [0.2, 0.25) is 0 Å². The molecule has 7 nitrogen and oxygen atoms in total. The Kier molecular flexibility index (Phi) is 4.28. The first-order valence-corrected chi connectivity index (χ1v) is 7.78. The second-order valence-electron chi connectivity index (χ2n) is 4.00. The van der Waals surface area contributed by atoms with Crippen LogP contribution in [-0.4, -0.2) is 29.3 Å². The lowest BCUT2D eigenvalue weighted by atomic mass is 10.3. The highest BCUT2D eigenvalue weighted by Crippen LogP contribution is 2.22. The molecule has 0 bridgehead atoms. The summed E-state index contributed by atoms with van der Waals surface area (Å²) < 4.78 is 41.2. The van der Waals surface area contributed by atoms with Crippen molar-refractivity contribution in [3.05, 3.63) is 40.9 Å². The predicted molar refractivity (Wildman–Crippen MR) is 74.8 cm³/mol. The first-order valence-electron chi connectivity index (χ1n) is 5.50. The topological polar surface area (TPSA) is 101 Å². The standard InChI is InChI=1S/C11H9BrFN3O4S/c12-7-1-2-10(9(13)3-7)15-21(19,20)8-4-14-16(5-8)6-11(17)18/h1-5,15H,6H2,(H,17,18). The molecule has 0 saturated heterocycles. The van der Waals surface area contributed by atoms with Gasteiger partial charge in [0.05, 0.1) is 11.9 Å². The number of hydrogen-bond donors (Lipinski definition) is 2. The molecule has 112 valence electrons. The monoisotopic (exact) mass is 377 g/mol. The van der Waals surface area contributed by atoms with Crippen molar-refractivity contribution in [2.45, 2.75) is 11.4 Å². The Balaban J connectivity index is 2.25. The van der Waals surface area contributed by atoms with Crippen LogP contribution in [-0.2, 0) is 21.4 Å². The van der Waals surface area contributed by atoms with Gasteiger partial charge in [-0.05, 0) is 18.2 Å². The van der Waals surface area contributed by atoms with Crippen LogP contribution in [0, 0.1) is 5.82 Å². The lowest BCUT2D eigenvalue weighted by Gasteiger charge is -2.07. The average molecular weight is 378 g/mol. The Hall–Kier alpha value is -1.94. The van der Waals surface area contributed by atoms with E-state index >= 15 is 0 Å². The molecule has 2 N–H and O–H groups in total. The lowest BCUT2D eigenvalue weighted by Crippen LogP contribution is -2.14. The van der Waals surface area contributed by atoms with Crippen LogP contribution in [0.4, 0.5) is 10.1 Å². The van der Waals surface area contributed by atoms with Gasteiger partial charge in [-0.2, -0.15) is 5.10 Å². The zero-order valence-electron chi connectivity index (χ0n) is 10.3. The maximum atomic E-state index is 13.6. The molecule has 2 rings (SSSR count). The summed E-state index contributed by atoms with van der Waals surface area (Å²) in [6.07, 6.45) is 2.04. The minimum absolute atomic E-state index is 0.218. The van der Waals surface area contributed by atoms with Gasteiger partial charge >= 0.3 is 5.97 Å². The number of halogens is 2. The van der Waals surface area contributed by atoms with Gasteiger partial charge in [-0.3, -0.25) is 14.2 Å². The summed E-state index contributed by atoms with van der Waals surface area (Å²) in [4.78, 5) is 10.3. The average Bonchev–Trinajstić information content (AvgIpc) is 2.81. The quantitative estimate of drug-likeness (QED) is 0.824. The maximum absolute atomic E-state index is 13.6. The van der Waals surface area contributed by atoms with Crippen molar-refractivity contribution in [2.75, 3.05) is 4.72 Å². The minimum Gasteiger partial charge on any atom is -0.480 e. The number of aromatic nitrogens is 2. The van der Waals surface area contributed by atoms with Crippen molar-refractivity contribution in [3.63, 3.8) is 0 Å². The van der Waals surface area contributed by atoms with Gasteiger partial charge in [0.25, 0.3) is 10.0 Å². The van der Waals surface area contributed by atoms with E-state index in [2.05, 4.69) is 25.8 Å². The summed E-state index contributed by atoms with van der Waals surface area (Å²) in [7, 11) is -4.05. The van der Waals surface area contributed by atoms with Crippen LogP contribution < -0.4 is 4.72 Å². The van der Waals surface area contributed by atoms with Gasteiger partial charge in [0, 0.05) is 10.7 Å². The van der Waals surface area contributed by atoms with E-state index in [1.54, 1.807) is 0 Å². The Bertz CT molecular complexity index is 791. The van der Waals surface area contributed by atoms with Crippen molar-refractivity contribution < 1.29 is 22.7 Å². The second kappa shape index (κ2) is 5.82. The molecule has 0 amide bonds. The number of sulfonamides is 1. The minimum atomic E-state index is -4.05. The molecule has 2 aromatic rings. The highest BCUT2D eigenvalue weighted by Gasteiger charge is 2.19. The van der Waals surface area contributed by atoms with Crippen LogP contribution in [0.2, 0.25) is 0 Å². The summed E-state index contributed by atoms with van der Waals surface area (Å²) in [6.45, 7) is -0.470. The molecule has 21 heavy (non-hydrogen) atoms. The molecule has 0 atom stereocenters. The number of rotatable bonds is 5. The van der Waals surface area contributed by atoms with Crippen molar-refractivity contribution >= 4 is 37.6 Å². The van der Waals surface area contributed by atoms with Gasteiger partial charge in [-0.25, -0.2) is 12.8 Å². The van der Waals surface area contributed by atoms with Crippen LogP contribution in [0.1, 0.15) is 0 Å². The third-order valence-corrected chi connectivity index (χ3v) is 4.21. The van der Waals surface area contributed by atoms with E-state index in [0.717, 1.165) is 23.1 Å². The number of nitrogens with one attached hydrogen (secondary N) is 1. The molecular weight excluding hydrogens is 369 g/mol. The molecule has 0 spiro atoms. The van der Waals surface area contributed by atoms with Crippen molar-refractivity contribution in [2.24, 2.45) is 0 Å². The zero-order valence-corrected chi connectivity index (χ0v) is 12.7. The Morgan fingerprint density at radius 3 is 2.81 bits per heavy atom. The van der Waals surface area contributed by atoms with Crippen molar-refractivity contribution in [3.8, 4) is 0 Å². The van der Waals surface area contributed by atoms with E-state index in [1.807, 2.05) is 0 Å². The summed E-state index contributed by atoms with van der Waals surface area (Å²) in [5, 5.41) is 12.2. The third-order valence-electron chi connectivity index (χ3n) is 2.39. The molecule has 1 aromatic carbocycles. The van der Waals surface area contributed by atoms with Crippen LogP contribution in [0.3, 0.4) is 0 Å². The molecule has 0 saturated carbocycles. The van der Waals surface area contributed by atoms with E-state index in [9.17, 15) is 17.6 Å². The molecule has 0 aliphatic rings. The molecule has 0 fully saturated rings. The number of anilines is 1. The van der Waals surface area contributed by atoms with Gasteiger partial charge in [-0.1, -0.05) is 15.9 Å². The molecule has 0 aliphatic carbocycles. The van der Waals surface area contributed by atoms with E-state index in [4.69, 9.17) is 5.11 Å².